The van der Waals surface area contributed by atoms with Crippen LogP contribution in [0.2, 0.25) is 0 Å². The predicted molar refractivity (Wildman–Crippen MR) is 149 cm³/mol. The molecule has 0 aromatic carbocycles. The maximum absolute atomic E-state index is 12.3. The molecule has 34 heavy (non-hydrogen) atoms. The third kappa shape index (κ3) is 17.0. The van der Waals surface area contributed by atoms with Crippen molar-refractivity contribution in [1.29, 1.82) is 0 Å². The Morgan fingerprint density at radius 1 is 0.735 bits per heavy atom. The van der Waals surface area contributed by atoms with Gasteiger partial charge in [-0.25, -0.2) is 0 Å². The quantitative estimate of drug-likeness (QED) is 0.135. The molecule has 2 nitrogen and oxygen atoms in total. The second-order valence-electron chi connectivity index (χ2n) is 11.0. The molecule has 1 atom stereocenters. The smallest absolute Gasteiger partial charge is 0.306 e. The van der Waals surface area contributed by atoms with Crippen molar-refractivity contribution in [3.63, 3.8) is 0 Å². The molecule has 1 rings (SSSR count). The van der Waals surface area contributed by atoms with E-state index in [-0.39, 0.29) is 12.1 Å². The van der Waals surface area contributed by atoms with E-state index in [1.165, 1.54) is 67.2 Å². The predicted octanol–water partition coefficient (Wildman–Crippen LogP) is 10.2. The Balaban J connectivity index is 2.19. The van der Waals surface area contributed by atoms with Crippen LogP contribution in [0, 0.1) is 5.92 Å². The minimum Gasteiger partial charge on any atom is -0.463 e. The molecule has 0 spiro atoms. The first-order chi connectivity index (χ1) is 16.3. The van der Waals surface area contributed by atoms with E-state index < -0.39 is 0 Å². The van der Waals surface area contributed by atoms with Gasteiger partial charge in [-0.15, -0.1) is 0 Å². The van der Waals surface area contributed by atoms with Crippen LogP contribution in [0.25, 0.3) is 0 Å². The maximum Gasteiger partial charge on any atom is 0.306 e. The summed E-state index contributed by atoms with van der Waals surface area (Å²) in [7, 11) is 0. The highest BCUT2D eigenvalue weighted by Gasteiger charge is 2.18. The van der Waals surface area contributed by atoms with Crippen molar-refractivity contribution in [3.05, 3.63) is 46.6 Å². The number of hydrogen-bond donors (Lipinski definition) is 0. The minimum absolute atomic E-state index is 0.0126. The van der Waals surface area contributed by atoms with Crippen molar-refractivity contribution >= 4 is 5.97 Å². The van der Waals surface area contributed by atoms with Gasteiger partial charge in [-0.2, -0.15) is 0 Å². The van der Waals surface area contributed by atoms with Crippen molar-refractivity contribution in [2.75, 3.05) is 0 Å². The third-order valence-corrected chi connectivity index (χ3v) is 6.98. The Kier molecular flexibility index (Phi) is 16.8. The molecule has 1 fully saturated rings. The van der Waals surface area contributed by atoms with Crippen LogP contribution in [0.5, 0.6) is 0 Å². The SMILES string of the molecule is CC(C)=CCC/C(C)=C/CC/C(C)=C/CC/C(C)=C/CCC(C)OC(=O)CC1CCCCCC1. The minimum atomic E-state index is 0.0126. The molecule has 1 saturated carbocycles. The first kappa shape index (κ1) is 30.5. The molecular weight excluding hydrogens is 416 g/mol. The molecule has 2 heteroatoms. The van der Waals surface area contributed by atoms with Crippen LogP contribution in [0.3, 0.4) is 0 Å². The van der Waals surface area contributed by atoms with Crippen LogP contribution in [-0.4, -0.2) is 12.1 Å². The zero-order valence-corrected chi connectivity index (χ0v) is 23.4. The van der Waals surface area contributed by atoms with Crippen molar-refractivity contribution < 1.29 is 9.53 Å². The highest BCUT2D eigenvalue weighted by Crippen LogP contribution is 2.26. The number of ether oxygens (including phenoxy) is 1. The monoisotopic (exact) mass is 470 g/mol. The van der Waals surface area contributed by atoms with Crippen LogP contribution >= 0.6 is 0 Å². The van der Waals surface area contributed by atoms with Gasteiger partial charge >= 0.3 is 5.97 Å². The molecule has 1 aliphatic rings. The third-order valence-electron chi connectivity index (χ3n) is 6.98. The fourth-order valence-electron chi connectivity index (χ4n) is 4.69. The molecule has 194 valence electrons. The average molecular weight is 471 g/mol. The summed E-state index contributed by atoms with van der Waals surface area (Å²) in [6, 6.07) is 0. The van der Waals surface area contributed by atoms with Gasteiger partial charge in [-0.3, -0.25) is 4.79 Å². The zero-order valence-electron chi connectivity index (χ0n) is 23.4. The van der Waals surface area contributed by atoms with Crippen LogP contribution in [-0.2, 0) is 9.53 Å². The Bertz CT molecular complexity index is 680. The number of carbonyl (C=O) groups is 1. The molecule has 1 unspecified atom stereocenters. The van der Waals surface area contributed by atoms with E-state index in [9.17, 15) is 4.79 Å². The number of rotatable bonds is 15. The Labute approximate surface area is 212 Å². The van der Waals surface area contributed by atoms with Gasteiger partial charge in [0.25, 0.3) is 0 Å². The summed E-state index contributed by atoms with van der Waals surface area (Å²) in [5.41, 5.74) is 5.86. The van der Waals surface area contributed by atoms with Crippen molar-refractivity contribution in [3.8, 4) is 0 Å². The second kappa shape index (κ2) is 18.7. The molecule has 0 radical (unpaired) electrons. The molecular formula is C32H54O2. The Morgan fingerprint density at radius 3 is 1.71 bits per heavy atom. The molecule has 0 saturated heterocycles. The fourth-order valence-corrected chi connectivity index (χ4v) is 4.69. The van der Waals surface area contributed by atoms with Gasteiger partial charge in [-0.05, 0) is 112 Å². The number of hydrogen-bond acceptors (Lipinski definition) is 2. The lowest BCUT2D eigenvalue weighted by Gasteiger charge is -2.16. The van der Waals surface area contributed by atoms with E-state index in [0.717, 1.165) is 44.9 Å². The van der Waals surface area contributed by atoms with Crippen LogP contribution in [0.4, 0.5) is 0 Å². The van der Waals surface area contributed by atoms with E-state index in [1.54, 1.807) is 0 Å². The van der Waals surface area contributed by atoms with E-state index in [4.69, 9.17) is 4.74 Å². The topological polar surface area (TPSA) is 26.3 Å². The summed E-state index contributed by atoms with van der Waals surface area (Å²) in [6.45, 7) is 13.1. The van der Waals surface area contributed by atoms with E-state index in [2.05, 4.69) is 58.9 Å². The van der Waals surface area contributed by atoms with Gasteiger partial charge in [-0.1, -0.05) is 72.3 Å². The largest absolute Gasteiger partial charge is 0.463 e. The summed E-state index contributed by atoms with van der Waals surface area (Å²) in [5.74, 6) is 0.562. The Hall–Kier alpha value is -1.57. The number of carbonyl (C=O) groups excluding carboxylic acids is 1. The first-order valence-corrected chi connectivity index (χ1v) is 14.1. The number of allylic oxidation sites excluding steroid dienone is 8. The molecule has 0 N–H and O–H groups in total. The van der Waals surface area contributed by atoms with Crippen molar-refractivity contribution in [1.82, 2.24) is 0 Å². The summed E-state index contributed by atoms with van der Waals surface area (Å²) < 4.78 is 5.69. The van der Waals surface area contributed by atoms with Crippen LogP contribution < -0.4 is 0 Å². The van der Waals surface area contributed by atoms with Crippen molar-refractivity contribution in [2.45, 2.75) is 144 Å². The molecule has 0 bridgehead atoms. The van der Waals surface area contributed by atoms with Gasteiger partial charge in [0.15, 0.2) is 0 Å². The Morgan fingerprint density at radius 2 is 1.21 bits per heavy atom. The normalized spacial score (nSPS) is 17.3. The van der Waals surface area contributed by atoms with Gasteiger partial charge in [0, 0.05) is 6.42 Å². The standard InChI is InChI=1S/C32H54O2/c1-26(2)15-11-16-27(3)17-12-18-28(4)19-13-20-29(5)21-14-22-30(6)34-32(33)25-31-23-9-7-8-10-24-31/h15,17,19,21,30-31H,7-14,16,18,20,22-25H2,1-6H3/b27-17+,28-19+,29-21+. The first-order valence-electron chi connectivity index (χ1n) is 14.1. The lowest BCUT2D eigenvalue weighted by molar-refractivity contribution is -0.149. The van der Waals surface area contributed by atoms with Crippen LogP contribution in [0.15, 0.2) is 46.6 Å². The molecule has 1 aliphatic carbocycles. The van der Waals surface area contributed by atoms with Crippen LogP contribution in [0.1, 0.15) is 138 Å². The maximum atomic E-state index is 12.3. The van der Waals surface area contributed by atoms with Gasteiger partial charge in [0.1, 0.15) is 0 Å². The van der Waals surface area contributed by atoms with Gasteiger partial charge in [0.2, 0.25) is 0 Å². The lowest BCUT2D eigenvalue weighted by atomic mass is 9.97. The highest BCUT2D eigenvalue weighted by molar-refractivity contribution is 5.69. The lowest BCUT2D eigenvalue weighted by Crippen LogP contribution is -2.17. The highest BCUT2D eigenvalue weighted by atomic mass is 16.5. The summed E-state index contributed by atoms with van der Waals surface area (Å²) in [4.78, 5) is 12.3. The average Bonchev–Trinajstić information content (AvgIpc) is 3.02. The summed E-state index contributed by atoms with van der Waals surface area (Å²) >= 11 is 0. The summed E-state index contributed by atoms with van der Waals surface area (Å²) in [5, 5.41) is 0. The van der Waals surface area contributed by atoms with E-state index in [0.29, 0.717) is 12.3 Å². The fraction of sp³-hybridized carbons (Fsp3) is 0.719. The molecule has 0 aliphatic heterocycles. The molecule has 0 amide bonds. The van der Waals surface area contributed by atoms with E-state index >= 15 is 0 Å². The second-order valence-corrected chi connectivity index (χ2v) is 11.0. The molecule has 0 aromatic heterocycles. The molecule has 0 heterocycles. The van der Waals surface area contributed by atoms with E-state index in [1.807, 2.05) is 6.92 Å². The van der Waals surface area contributed by atoms with Crippen molar-refractivity contribution in [2.24, 2.45) is 5.92 Å². The van der Waals surface area contributed by atoms with Gasteiger partial charge < -0.3 is 4.74 Å². The molecule has 0 aromatic rings. The summed E-state index contributed by atoms with van der Waals surface area (Å²) in [6.07, 6.45) is 26.5. The van der Waals surface area contributed by atoms with Gasteiger partial charge in [0.05, 0.1) is 6.10 Å². The number of esters is 1. The zero-order chi connectivity index (χ0) is 25.2.